The van der Waals surface area contributed by atoms with Crippen molar-refractivity contribution in [3.8, 4) is 0 Å². The van der Waals surface area contributed by atoms with E-state index in [-0.39, 0.29) is 18.2 Å². The van der Waals surface area contributed by atoms with Crippen molar-refractivity contribution in [3.05, 3.63) is 71.8 Å². The number of rotatable bonds is 6. The van der Waals surface area contributed by atoms with Crippen molar-refractivity contribution in [2.75, 3.05) is 6.61 Å². The Bertz CT molecular complexity index is 721. The second kappa shape index (κ2) is 7.81. The zero-order chi connectivity index (χ0) is 18.6. The molecule has 0 saturated carbocycles. The summed E-state index contributed by atoms with van der Waals surface area (Å²) in [6.07, 6.45) is -1.11. The van der Waals surface area contributed by atoms with Gasteiger partial charge in [0.1, 0.15) is 6.10 Å². The standard InChI is InChI=1S/C21H23NO4/c1-3-24-19(23)14-18(22)20-15(2)25-21(26-20,16-10-6-4-7-11-16)17-12-8-5-9-13-17/h4-13,15,20,22H,3,14H2,1-2H3/t15-,20+/m0/s1. The van der Waals surface area contributed by atoms with Gasteiger partial charge in [0.2, 0.25) is 5.79 Å². The van der Waals surface area contributed by atoms with Gasteiger partial charge in [0.05, 0.1) is 24.8 Å². The van der Waals surface area contributed by atoms with Crippen LogP contribution in [0.5, 0.6) is 0 Å². The highest BCUT2D eigenvalue weighted by Crippen LogP contribution is 2.43. The molecule has 136 valence electrons. The maximum atomic E-state index is 11.8. The number of hydrogen-bond acceptors (Lipinski definition) is 5. The monoisotopic (exact) mass is 353 g/mol. The van der Waals surface area contributed by atoms with Crippen LogP contribution in [0, 0.1) is 5.41 Å². The molecule has 5 nitrogen and oxygen atoms in total. The van der Waals surface area contributed by atoms with Crippen LogP contribution >= 0.6 is 0 Å². The van der Waals surface area contributed by atoms with E-state index in [1.807, 2.05) is 67.6 Å². The Morgan fingerprint density at radius 2 is 1.58 bits per heavy atom. The van der Waals surface area contributed by atoms with Crippen molar-refractivity contribution in [1.82, 2.24) is 0 Å². The predicted octanol–water partition coefficient (Wildman–Crippen LogP) is 3.66. The van der Waals surface area contributed by atoms with Crippen LogP contribution < -0.4 is 0 Å². The van der Waals surface area contributed by atoms with Crippen molar-refractivity contribution in [1.29, 1.82) is 5.41 Å². The summed E-state index contributed by atoms with van der Waals surface area (Å²) in [6, 6.07) is 19.3. The minimum Gasteiger partial charge on any atom is -0.466 e. The van der Waals surface area contributed by atoms with E-state index in [0.29, 0.717) is 6.61 Å². The summed E-state index contributed by atoms with van der Waals surface area (Å²) in [5, 5.41) is 8.32. The molecule has 26 heavy (non-hydrogen) atoms. The molecule has 2 aromatic carbocycles. The van der Waals surface area contributed by atoms with Crippen LogP contribution in [0.2, 0.25) is 0 Å². The van der Waals surface area contributed by atoms with Crippen molar-refractivity contribution < 1.29 is 19.0 Å². The molecule has 1 fully saturated rings. The summed E-state index contributed by atoms with van der Waals surface area (Å²) >= 11 is 0. The summed E-state index contributed by atoms with van der Waals surface area (Å²) in [7, 11) is 0. The first-order chi connectivity index (χ1) is 12.6. The highest BCUT2D eigenvalue weighted by Gasteiger charge is 2.50. The summed E-state index contributed by atoms with van der Waals surface area (Å²) in [5.74, 6) is -1.53. The van der Waals surface area contributed by atoms with Gasteiger partial charge in [-0.1, -0.05) is 60.7 Å². The van der Waals surface area contributed by atoms with Crippen molar-refractivity contribution in [2.24, 2.45) is 0 Å². The molecule has 0 aliphatic carbocycles. The second-order valence-electron chi connectivity index (χ2n) is 6.22. The fraction of sp³-hybridized carbons (Fsp3) is 0.333. The van der Waals surface area contributed by atoms with E-state index in [9.17, 15) is 4.79 Å². The van der Waals surface area contributed by atoms with Crippen LogP contribution in [0.1, 0.15) is 31.4 Å². The van der Waals surface area contributed by atoms with Gasteiger partial charge in [-0.15, -0.1) is 0 Å². The quantitative estimate of drug-likeness (QED) is 0.635. The SMILES string of the molecule is CCOC(=O)CC(=N)[C@@H]1OC(c2ccccc2)(c2ccccc2)O[C@H]1C. The van der Waals surface area contributed by atoms with Crippen molar-refractivity contribution in [2.45, 2.75) is 38.3 Å². The minimum atomic E-state index is -1.10. The van der Waals surface area contributed by atoms with E-state index in [4.69, 9.17) is 19.6 Å². The Hall–Kier alpha value is -2.50. The molecule has 1 N–H and O–H groups in total. The number of nitrogens with one attached hydrogen (secondary N) is 1. The van der Waals surface area contributed by atoms with Gasteiger partial charge in [-0.05, 0) is 13.8 Å². The molecule has 0 spiro atoms. The molecule has 0 bridgehead atoms. The van der Waals surface area contributed by atoms with Crippen molar-refractivity contribution in [3.63, 3.8) is 0 Å². The first-order valence-electron chi connectivity index (χ1n) is 8.76. The van der Waals surface area contributed by atoms with Gasteiger partial charge in [0.15, 0.2) is 0 Å². The van der Waals surface area contributed by atoms with E-state index in [1.54, 1.807) is 6.92 Å². The molecule has 0 unspecified atom stereocenters. The average molecular weight is 353 g/mol. The van der Waals surface area contributed by atoms with Crippen LogP contribution in [0.4, 0.5) is 0 Å². The van der Waals surface area contributed by atoms with Gasteiger partial charge in [0, 0.05) is 11.1 Å². The summed E-state index contributed by atoms with van der Waals surface area (Å²) in [4.78, 5) is 11.8. The van der Waals surface area contributed by atoms with E-state index in [1.165, 1.54) is 0 Å². The third-order valence-corrected chi connectivity index (χ3v) is 4.36. The number of ether oxygens (including phenoxy) is 3. The zero-order valence-corrected chi connectivity index (χ0v) is 15.0. The maximum Gasteiger partial charge on any atom is 0.311 e. The lowest BCUT2D eigenvalue weighted by molar-refractivity contribution is -0.146. The first kappa shape index (κ1) is 18.3. The van der Waals surface area contributed by atoms with Gasteiger partial charge in [-0.25, -0.2) is 0 Å². The van der Waals surface area contributed by atoms with Crippen LogP contribution in [-0.2, 0) is 24.8 Å². The largest absolute Gasteiger partial charge is 0.466 e. The lowest BCUT2D eigenvalue weighted by Gasteiger charge is -2.29. The van der Waals surface area contributed by atoms with E-state index >= 15 is 0 Å². The number of carbonyl (C=O) groups is 1. The van der Waals surface area contributed by atoms with Crippen LogP contribution in [0.15, 0.2) is 60.7 Å². The number of hydrogen-bond donors (Lipinski definition) is 1. The van der Waals surface area contributed by atoms with E-state index in [2.05, 4.69) is 0 Å². The molecule has 2 atom stereocenters. The average Bonchev–Trinajstić information content (AvgIpc) is 3.02. The Labute approximate surface area is 153 Å². The fourth-order valence-electron chi connectivity index (χ4n) is 3.20. The third-order valence-electron chi connectivity index (χ3n) is 4.36. The van der Waals surface area contributed by atoms with Gasteiger partial charge in [-0.2, -0.15) is 0 Å². The molecule has 2 aromatic rings. The predicted molar refractivity (Wildman–Crippen MR) is 98.1 cm³/mol. The zero-order valence-electron chi connectivity index (χ0n) is 15.0. The first-order valence-corrected chi connectivity index (χ1v) is 8.76. The number of carbonyl (C=O) groups excluding carboxylic acids is 1. The van der Waals surface area contributed by atoms with Crippen LogP contribution in [0.3, 0.4) is 0 Å². The minimum absolute atomic E-state index is 0.105. The molecule has 1 saturated heterocycles. The second-order valence-corrected chi connectivity index (χ2v) is 6.22. The lowest BCUT2D eigenvalue weighted by atomic mass is 9.97. The maximum absolute atomic E-state index is 11.8. The van der Waals surface area contributed by atoms with Crippen LogP contribution in [-0.4, -0.2) is 30.5 Å². The Morgan fingerprint density at radius 1 is 1.04 bits per heavy atom. The topological polar surface area (TPSA) is 68.6 Å². The van der Waals surface area contributed by atoms with Gasteiger partial charge >= 0.3 is 5.97 Å². The molecular weight excluding hydrogens is 330 g/mol. The molecule has 1 aliphatic heterocycles. The van der Waals surface area contributed by atoms with Gasteiger partial charge in [0.25, 0.3) is 0 Å². The molecule has 1 aliphatic rings. The number of esters is 1. The molecule has 0 amide bonds. The molecule has 0 aromatic heterocycles. The Balaban J connectivity index is 1.93. The fourth-order valence-corrected chi connectivity index (χ4v) is 3.20. The summed E-state index contributed by atoms with van der Waals surface area (Å²) < 4.78 is 17.6. The Morgan fingerprint density at radius 3 is 2.08 bits per heavy atom. The molecular formula is C21H23NO4. The molecule has 1 heterocycles. The third kappa shape index (κ3) is 3.54. The lowest BCUT2D eigenvalue weighted by Crippen LogP contribution is -2.33. The van der Waals surface area contributed by atoms with Gasteiger partial charge in [-0.3, -0.25) is 4.79 Å². The Kier molecular flexibility index (Phi) is 5.49. The summed E-state index contributed by atoms with van der Waals surface area (Å²) in [6.45, 7) is 3.90. The van der Waals surface area contributed by atoms with Crippen molar-refractivity contribution >= 4 is 11.7 Å². The van der Waals surface area contributed by atoms with E-state index in [0.717, 1.165) is 11.1 Å². The van der Waals surface area contributed by atoms with Crippen LogP contribution in [0.25, 0.3) is 0 Å². The van der Waals surface area contributed by atoms with E-state index < -0.39 is 17.9 Å². The molecule has 0 radical (unpaired) electrons. The van der Waals surface area contributed by atoms with Gasteiger partial charge < -0.3 is 19.6 Å². The molecule has 3 rings (SSSR count). The summed E-state index contributed by atoms with van der Waals surface area (Å²) in [5.41, 5.74) is 1.86. The normalized spacial score (nSPS) is 21.3. The number of benzene rings is 2. The smallest absolute Gasteiger partial charge is 0.311 e. The highest BCUT2D eigenvalue weighted by molar-refractivity contribution is 6.00. The molecule has 5 heteroatoms. The highest BCUT2D eigenvalue weighted by atomic mass is 16.8.